The lowest BCUT2D eigenvalue weighted by atomic mass is 9.94. The Bertz CT molecular complexity index is 443. The van der Waals surface area contributed by atoms with Crippen molar-refractivity contribution in [1.82, 2.24) is 10.3 Å². The van der Waals surface area contributed by atoms with Gasteiger partial charge in [0.15, 0.2) is 0 Å². The Kier molecular flexibility index (Phi) is 4.08. The predicted molar refractivity (Wildman–Crippen MR) is 82.7 cm³/mol. The van der Waals surface area contributed by atoms with E-state index in [0.717, 1.165) is 11.0 Å². The van der Waals surface area contributed by atoms with Crippen LogP contribution in [0.3, 0.4) is 0 Å². The maximum Gasteiger partial charge on any atom is 0.131 e. The normalized spacial score (nSPS) is 27.8. The lowest BCUT2D eigenvalue weighted by molar-refractivity contribution is 0.376. The van der Waals surface area contributed by atoms with Gasteiger partial charge in [-0.15, -0.1) is 0 Å². The molecular formula is C15H22BrN3. The molecule has 2 atom stereocenters. The number of aryl methyl sites for hydroxylation is 1. The van der Waals surface area contributed by atoms with Crippen molar-refractivity contribution in [3.8, 4) is 0 Å². The molecule has 4 heteroatoms. The second kappa shape index (κ2) is 5.80. The Labute approximate surface area is 123 Å². The molecule has 19 heavy (non-hydrogen) atoms. The molecule has 2 aliphatic heterocycles. The van der Waals surface area contributed by atoms with Crippen LogP contribution in [0.4, 0.5) is 5.82 Å². The Morgan fingerprint density at radius 1 is 1.32 bits per heavy atom. The van der Waals surface area contributed by atoms with Crippen LogP contribution >= 0.6 is 15.9 Å². The minimum absolute atomic E-state index is 0.628. The van der Waals surface area contributed by atoms with Gasteiger partial charge in [0.2, 0.25) is 0 Å². The van der Waals surface area contributed by atoms with Gasteiger partial charge in [0, 0.05) is 29.3 Å². The fraction of sp³-hybridized carbons (Fsp3) is 0.667. The Balaban J connectivity index is 1.86. The summed E-state index contributed by atoms with van der Waals surface area (Å²) in [5.41, 5.74) is 1.28. The van der Waals surface area contributed by atoms with Crippen LogP contribution in [0.2, 0.25) is 0 Å². The van der Waals surface area contributed by atoms with Gasteiger partial charge in [-0.25, -0.2) is 4.98 Å². The molecule has 3 heterocycles. The molecule has 1 aromatic rings. The number of aromatic nitrogens is 1. The molecule has 0 saturated carbocycles. The number of rotatable bonds is 2. The van der Waals surface area contributed by atoms with Crippen LogP contribution in [0, 0.1) is 6.92 Å². The average Bonchev–Trinajstić information content (AvgIpc) is 2.93. The van der Waals surface area contributed by atoms with E-state index in [1.165, 1.54) is 50.0 Å². The molecule has 2 aliphatic rings. The molecule has 1 aromatic heterocycles. The number of nitrogens with zero attached hydrogens (tertiary/aromatic N) is 2. The quantitative estimate of drug-likeness (QED) is 0.905. The van der Waals surface area contributed by atoms with E-state index in [1.54, 1.807) is 0 Å². The number of halogens is 1. The Morgan fingerprint density at radius 3 is 2.95 bits per heavy atom. The second-order valence-electron chi connectivity index (χ2n) is 5.75. The molecule has 3 rings (SSSR count). The first-order valence-corrected chi connectivity index (χ1v) is 8.17. The maximum absolute atomic E-state index is 4.67. The first kappa shape index (κ1) is 13.4. The van der Waals surface area contributed by atoms with E-state index in [9.17, 15) is 0 Å². The van der Waals surface area contributed by atoms with Crippen LogP contribution in [0.25, 0.3) is 0 Å². The monoisotopic (exact) mass is 323 g/mol. The van der Waals surface area contributed by atoms with Gasteiger partial charge in [0.05, 0.1) is 0 Å². The minimum Gasteiger partial charge on any atom is -0.352 e. The fourth-order valence-electron chi connectivity index (χ4n) is 3.51. The second-order valence-corrected chi connectivity index (χ2v) is 6.67. The zero-order valence-corrected chi connectivity index (χ0v) is 13.1. The number of pyridine rings is 1. The summed E-state index contributed by atoms with van der Waals surface area (Å²) in [5, 5.41) is 3.68. The van der Waals surface area contributed by atoms with Gasteiger partial charge < -0.3 is 10.2 Å². The first-order chi connectivity index (χ1) is 9.25. The molecule has 104 valence electrons. The summed E-state index contributed by atoms with van der Waals surface area (Å²) in [5.74, 6) is 1.18. The van der Waals surface area contributed by atoms with Gasteiger partial charge in [0.1, 0.15) is 5.82 Å². The Morgan fingerprint density at radius 2 is 2.21 bits per heavy atom. The number of piperidine rings is 1. The van der Waals surface area contributed by atoms with Crippen molar-refractivity contribution in [3.63, 3.8) is 0 Å². The lowest BCUT2D eigenvalue weighted by Crippen LogP contribution is -2.50. The molecule has 2 fully saturated rings. The summed E-state index contributed by atoms with van der Waals surface area (Å²) in [6.07, 6.45) is 8.51. The zero-order chi connectivity index (χ0) is 13.2. The third-order valence-corrected chi connectivity index (χ3v) is 4.84. The predicted octanol–water partition coefficient (Wildman–Crippen LogP) is 3.26. The number of anilines is 1. The van der Waals surface area contributed by atoms with Crippen molar-refractivity contribution in [2.24, 2.45) is 0 Å². The van der Waals surface area contributed by atoms with Crippen molar-refractivity contribution in [2.45, 2.75) is 51.1 Å². The van der Waals surface area contributed by atoms with Gasteiger partial charge in [-0.05, 0) is 73.1 Å². The highest BCUT2D eigenvalue weighted by Gasteiger charge is 2.32. The van der Waals surface area contributed by atoms with Crippen molar-refractivity contribution in [1.29, 1.82) is 0 Å². The van der Waals surface area contributed by atoms with E-state index in [2.05, 4.69) is 44.1 Å². The number of hydrogen-bond donors (Lipinski definition) is 1. The smallest absolute Gasteiger partial charge is 0.131 e. The number of nitrogens with one attached hydrogen (secondary N) is 1. The van der Waals surface area contributed by atoms with Crippen molar-refractivity contribution in [2.75, 3.05) is 18.0 Å². The fourth-order valence-corrected chi connectivity index (χ4v) is 3.96. The maximum atomic E-state index is 4.67. The van der Waals surface area contributed by atoms with E-state index in [1.807, 2.05) is 6.20 Å². The van der Waals surface area contributed by atoms with Crippen LogP contribution in [-0.2, 0) is 0 Å². The largest absolute Gasteiger partial charge is 0.352 e. The van der Waals surface area contributed by atoms with Gasteiger partial charge >= 0.3 is 0 Å². The minimum atomic E-state index is 0.628. The first-order valence-electron chi connectivity index (χ1n) is 7.38. The zero-order valence-electron chi connectivity index (χ0n) is 11.5. The van der Waals surface area contributed by atoms with Gasteiger partial charge in [-0.1, -0.05) is 0 Å². The van der Waals surface area contributed by atoms with E-state index < -0.39 is 0 Å². The van der Waals surface area contributed by atoms with Crippen LogP contribution in [-0.4, -0.2) is 30.2 Å². The van der Waals surface area contributed by atoms with Crippen LogP contribution in [0.1, 0.15) is 37.7 Å². The molecule has 0 aromatic carbocycles. The summed E-state index contributed by atoms with van der Waals surface area (Å²) in [4.78, 5) is 7.22. The molecule has 2 saturated heterocycles. The van der Waals surface area contributed by atoms with Crippen LogP contribution in [0.5, 0.6) is 0 Å². The van der Waals surface area contributed by atoms with Gasteiger partial charge in [-0.2, -0.15) is 0 Å². The van der Waals surface area contributed by atoms with E-state index in [-0.39, 0.29) is 0 Å². The molecule has 0 radical (unpaired) electrons. The van der Waals surface area contributed by atoms with E-state index in [4.69, 9.17) is 0 Å². The third-order valence-electron chi connectivity index (χ3n) is 4.40. The third kappa shape index (κ3) is 2.79. The van der Waals surface area contributed by atoms with E-state index >= 15 is 0 Å². The summed E-state index contributed by atoms with van der Waals surface area (Å²) < 4.78 is 1.07. The molecule has 0 aliphatic carbocycles. The molecule has 3 nitrogen and oxygen atoms in total. The molecule has 0 spiro atoms. The van der Waals surface area contributed by atoms with Gasteiger partial charge in [0.25, 0.3) is 0 Å². The molecule has 2 unspecified atom stereocenters. The topological polar surface area (TPSA) is 28.2 Å². The molecular weight excluding hydrogens is 302 g/mol. The highest BCUT2D eigenvalue weighted by molar-refractivity contribution is 9.10. The molecule has 1 N–H and O–H groups in total. The van der Waals surface area contributed by atoms with Crippen molar-refractivity contribution >= 4 is 21.7 Å². The summed E-state index contributed by atoms with van der Waals surface area (Å²) in [6.45, 7) is 4.50. The standard InChI is InChI=1S/C15H22BrN3/c1-11-9-12(16)10-18-15(11)19-8-3-2-6-14(19)13-5-4-7-17-13/h9-10,13-14,17H,2-8H2,1H3. The summed E-state index contributed by atoms with van der Waals surface area (Å²) in [7, 11) is 0. The highest BCUT2D eigenvalue weighted by Crippen LogP contribution is 2.30. The SMILES string of the molecule is Cc1cc(Br)cnc1N1CCCCC1C1CCCN1. The van der Waals surface area contributed by atoms with Crippen LogP contribution < -0.4 is 10.2 Å². The van der Waals surface area contributed by atoms with Crippen molar-refractivity contribution in [3.05, 3.63) is 22.3 Å². The number of hydrogen-bond acceptors (Lipinski definition) is 3. The Hall–Kier alpha value is -0.610. The lowest BCUT2D eigenvalue weighted by Gasteiger charge is -2.40. The molecule has 0 amide bonds. The van der Waals surface area contributed by atoms with Gasteiger partial charge in [-0.3, -0.25) is 0 Å². The summed E-state index contributed by atoms with van der Waals surface area (Å²) in [6, 6.07) is 3.46. The molecule has 0 bridgehead atoms. The summed E-state index contributed by atoms with van der Waals surface area (Å²) >= 11 is 3.51. The van der Waals surface area contributed by atoms with Crippen molar-refractivity contribution < 1.29 is 0 Å². The van der Waals surface area contributed by atoms with E-state index in [0.29, 0.717) is 12.1 Å². The van der Waals surface area contributed by atoms with Crippen LogP contribution in [0.15, 0.2) is 16.7 Å². The highest BCUT2D eigenvalue weighted by atomic mass is 79.9. The average molecular weight is 324 g/mol.